The normalized spacial score (nSPS) is 23.2. The fraction of sp³-hybridized carbons (Fsp3) is 1.00. The lowest BCUT2D eigenvalue weighted by Crippen LogP contribution is -2.34. The second kappa shape index (κ2) is 5.09. The van der Waals surface area contributed by atoms with Gasteiger partial charge in [-0.2, -0.15) is 0 Å². The SMILES string of the molecule is CN(CCCS(C)(=O)=O)C1CCNC1. The quantitative estimate of drug-likeness (QED) is 0.692. The molecule has 0 aromatic heterocycles. The molecule has 14 heavy (non-hydrogen) atoms. The van der Waals surface area contributed by atoms with E-state index in [1.54, 1.807) is 0 Å². The molecule has 0 aliphatic carbocycles. The van der Waals surface area contributed by atoms with Gasteiger partial charge < -0.3 is 10.2 Å². The van der Waals surface area contributed by atoms with E-state index in [4.69, 9.17) is 0 Å². The third kappa shape index (κ3) is 4.39. The van der Waals surface area contributed by atoms with Crippen molar-refractivity contribution in [2.75, 3.05) is 38.7 Å². The Kier molecular flexibility index (Phi) is 4.34. The summed E-state index contributed by atoms with van der Waals surface area (Å²) in [6, 6.07) is 0.592. The van der Waals surface area contributed by atoms with Gasteiger partial charge in [-0.15, -0.1) is 0 Å². The fourth-order valence-corrected chi connectivity index (χ4v) is 2.43. The second-order valence-corrected chi connectivity index (χ2v) is 6.37. The van der Waals surface area contributed by atoms with E-state index < -0.39 is 9.84 Å². The number of nitrogens with one attached hydrogen (secondary N) is 1. The van der Waals surface area contributed by atoms with Crippen LogP contribution in [0, 0.1) is 0 Å². The molecule has 5 heteroatoms. The van der Waals surface area contributed by atoms with Gasteiger partial charge in [0.2, 0.25) is 0 Å². The zero-order valence-electron chi connectivity index (χ0n) is 8.99. The topological polar surface area (TPSA) is 49.4 Å². The number of likely N-dealkylation sites (N-methyl/N-ethyl adjacent to an activating group) is 1. The molecule has 0 radical (unpaired) electrons. The molecule has 1 saturated heterocycles. The van der Waals surface area contributed by atoms with Crippen molar-refractivity contribution in [2.45, 2.75) is 18.9 Å². The van der Waals surface area contributed by atoms with E-state index in [0.717, 1.165) is 26.1 Å². The summed E-state index contributed by atoms with van der Waals surface area (Å²) in [5, 5.41) is 3.30. The monoisotopic (exact) mass is 220 g/mol. The number of rotatable bonds is 5. The van der Waals surface area contributed by atoms with Gasteiger partial charge in [0, 0.05) is 18.8 Å². The van der Waals surface area contributed by atoms with Crippen LogP contribution in [0.15, 0.2) is 0 Å². The highest BCUT2D eigenvalue weighted by Gasteiger charge is 2.18. The van der Waals surface area contributed by atoms with E-state index in [1.807, 2.05) is 0 Å². The van der Waals surface area contributed by atoms with Crippen LogP contribution < -0.4 is 5.32 Å². The van der Waals surface area contributed by atoms with Crippen molar-refractivity contribution in [3.8, 4) is 0 Å². The minimum absolute atomic E-state index is 0.303. The van der Waals surface area contributed by atoms with Crippen molar-refractivity contribution in [2.24, 2.45) is 0 Å². The minimum atomic E-state index is -2.79. The predicted octanol–water partition coefficient (Wildman–Crippen LogP) is -0.285. The van der Waals surface area contributed by atoms with Crippen molar-refractivity contribution in [1.82, 2.24) is 10.2 Å². The molecule has 1 N–H and O–H groups in total. The zero-order valence-corrected chi connectivity index (χ0v) is 9.81. The molecule has 1 fully saturated rings. The van der Waals surface area contributed by atoms with Crippen LogP contribution in [-0.4, -0.2) is 58.1 Å². The summed E-state index contributed by atoms with van der Waals surface area (Å²) in [5.41, 5.74) is 0. The summed E-state index contributed by atoms with van der Waals surface area (Å²) < 4.78 is 21.8. The molecule has 0 saturated carbocycles. The van der Waals surface area contributed by atoms with Gasteiger partial charge in [0.15, 0.2) is 0 Å². The van der Waals surface area contributed by atoms with Crippen LogP contribution in [0.3, 0.4) is 0 Å². The van der Waals surface area contributed by atoms with Crippen molar-refractivity contribution in [1.29, 1.82) is 0 Å². The van der Waals surface area contributed by atoms with Crippen molar-refractivity contribution in [3.63, 3.8) is 0 Å². The zero-order chi connectivity index (χ0) is 10.6. The van der Waals surface area contributed by atoms with Crippen LogP contribution in [0.1, 0.15) is 12.8 Å². The smallest absolute Gasteiger partial charge is 0.147 e. The molecule has 0 bridgehead atoms. The summed E-state index contributed by atoms with van der Waals surface area (Å²) >= 11 is 0. The molecular weight excluding hydrogens is 200 g/mol. The lowest BCUT2D eigenvalue weighted by atomic mass is 10.2. The summed E-state index contributed by atoms with van der Waals surface area (Å²) in [7, 11) is -0.716. The largest absolute Gasteiger partial charge is 0.315 e. The standard InChI is InChI=1S/C9H20N2O2S/c1-11(9-4-5-10-8-9)6-3-7-14(2,12)13/h9-10H,3-8H2,1-2H3. The van der Waals surface area contributed by atoms with Crippen molar-refractivity contribution >= 4 is 9.84 Å². The van der Waals surface area contributed by atoms with Gasteiger partial charge in [-0.1, -0.05) is 0 Å². The number of sulfone groups is 1. The summed E-state index contributed by atoms with van der Waals surface area (Å²) in [6.45, 7) is 3.00. The van der Waals surface area contributed by atoms with E-state index in [-0.39, 0.29) is 0 Å². The number of hydrogen-bond acceptors (Lipinski definition) is 4. The Morgan fingerprint density at radius 2 is 2.21 bits per heavy atom. The van der Waals surface area contributed by atoms with Crippen LogP contribution in [0.5, 0.6) is 0 Å². The second-order valence-electron chi connectivity index (χ2n) is 4.11. The average molecular weight is 220 g/mol. The third-order valence-corrected chi connectivity index (χ3v) is 3.71. The molecule has 1 heterocycles. The molecule has 0 spiro atoms. The highest BCUT2D eigenvalue weighted by molar-refractivity contribution is 7.90. The number of hydrogen-bond donors (Lipinski definition) is 1. The minimum Gasteiger partial charge on any atom is -0.315 e. The maximum absolute atomic E-state index is 10.9. The first-order chi connectivity index (χ1) is 6.49. The molecule has 0 amide bonds. The van der Waals surface area contributed by atoms with Crippen LogP contribution >= 0.6 is 0 Å². The predicted molar refractivity (Wildman–Crippen MR) is 58.2 cm³/mol. The van der Waals surface area contributed by atoms with Gasteiger partial charge in [0.25, 0.3) is 0 Å². The summed E-state index contributed by atoms with van der Waals surface area (Å²) in [6.07, 6.45) is 3.21. The molecular formula is C9H20N2O2S. The molecule has 84 valence electrons. The summed E-state index contributed by atoms with van der Waals surface area (Å²) in [5.74, 6) is 0.303. The molecule has 0 aromatic rings. The Morgan fingerprint density at radius 1 is 1.50 bits per heavy atom. The molecule has 1 unspecified atom stereocenters. The Morgan fingerprint density at radius 3 is 2.71 bits per heavy atom. The van der Waals surface area contributed by atoms with Crippen molar-refractivity contribution in [3.05, 3.63) is 0 Å². The first kappa shape index (κ1) is 11.9. The molecule has 0 aromatic carbocycles. The van der Waals surface area contributed by atoms with E-state index in [2.05, 4.69) is 17.3 Å². The molecule has 1 rings (SSSR count). The van der Waals surface area contributed by atoms with Crippen LogP contribution in [0.25, 0.3) is 0 Å². The Balaban J connectivity index is 2.17. The Hall–Kier alpha value is -0.130. The summed E-state index contributed by atoms with van der Waals surface area (Å²) in [4.78, 5) is 2.26. The van der Waals surface area contributed by atoms with E-state index in [1.165, 1.54) is 12.7 Å². The molecule has 4 nitrogen and oxygen atoms in total. The van der Waals surface area contributed by atoms with Gasteiger partial charge in [0.05, 0.1) is 5.75 Å². The van der Waals surface area contributed by atoms with Gasteiger partial charge in [-0.3, -0.25) is 0 Å². The van der Waals surface area contributed by atoms with E-state index in [0.29, 0.717) is 11.8 Å². The van der Waals surface area contributed by atoms with Crippen LogP contribution in [0.4, 0.5) is 0 Å². The van der Waals surface area contributed by atoms with Gasteiger partial charge in [-0.05, 0) is 33.0 Å². The highest BCUT2D eigenvalue weighted by atomic mass is 32.2. The van der Waals surface area contributed by atoms with Gasteiger partial charge >= 0.3 is 0 Å². The van der Waals surface area contributed by atoms with Crippen LogP contribution in [0.2, 0.25) is 0 Å². The average Bonchev–Trinajstić information content (AvgIpc) is 2.53. The van der Waals surface area contributed by atoms with E-state index >= 15 is 0 Å². The molecule has 1 aliphatic rings. The highest BCUT2D eigenvalue weighted by Crippen LogP contribution is 2.06. The third-order valence-electron chi connectivity index (χ3n) is 2.68. The molecule has 1 aliphatic heterocycles. The van der Waals surface area contributed by atoms with Crippen molar-refractivity contribution < 1.29 is 8.42 Å². The maximum atomic E-state index is 10.9. The first-order valence-electron chi connectivity index (χ1n) is 5.08. The van der Waals surface area contributed by atoms with Crippen LogP contribution in [-0.2, 0) is 9.84 Å². The van der Waals surface area contributed by atoms with Gasteiger partial charge in [0.1, 0.15) is 9.84 Å². The lowest BCUT2D eigenvalue weighted by Gasteiger charge is -2.22. The Bertz CT molecular complexity index is 258. The lowest BCUT2D eigenvalue weighted by molar-refractivity contribution is 0.258. The first-order valence-corrected chi connectivity index (χ1v) is 7.14. The van der Waals surface area contributed by atoms with Gasteiger partial charge in [-0.25, -0.2) is 8.42 Å². The number of nitrogens with zero attached hydrogens (tertiary/aromatic N) is 1. The van der Waals surface area contributed by atoms with E-state index in [9.17, 15) is 8.42 Å². The fourth-order valence-electron chi connectivity index (χ4n) is 1.77. The molecule has 1 atom stereocenters. The Labute approximate surface area is 86.6 Å². The maximum Gasteiger partial charge on any atom is 0.147 e.